The molecular formula is C11H13NO2. The van der Waals surface area contributed by atoms with Crippen LogP contribution in [0.3, 0.4) is 0 Å². The van der Waals surface area contributed by atoms with Gasteiger partial charge in [0.2, 0.25) is 0 Å². The Morgan fingerprint density at radius 1 is 1.43 bits per heavy atom. The van der Waals surface area contributed by atoms with Gasteiger partial charge >= 0.3 is 5.97 Å². The highest BCUT2D eigenvalue weighted by atomic mass is 16.4. The molecule has 0 bridgehead atoms. The van der Waals surface area contributed by atoms with Gasteiger partial charge in [-0.05, 0) is 31.0 Å². The molecule has 0 heterocycles. The van der Waals surface area contributed by atoms with Crippen LogP contribution in [-0.4, -0.2) is 11.1 Å². The van der Waals surface area contributed by atoms with Crippen molar-refractivity contribution in [3.63, 3.8) is 0 Å². The van der Waals surface area contributed by atoms with Crippen LogP contribution in [0, 0.1) is 13.8 Å². The van der Waals surface area contributed by atoms with Gasteiger partial charge in [0.15, 0.2) is 0 Å². The smallest absolute Gasteiger partial charge is 0.329 e. The Labute approximate surface area is 83.1 Å². The number of anilines is 1. The van der Waals surface area contributed by atoms with Crippen LogP contribution in [0.25, 0.3) is 0 Å². The normalized spacial score (nSPS) is 10.4. The average Bonchev–Trinajstić information content (AvgIpc) is 2.10. The number of aryl methyl sites for hydroxylation is 2. The Bertz CT molecular complexity index is 370. The molecule has 0 aliphatic carbocycles. The molecule has 3 heteroatoms. The topological polar surface area (TPSA) is 49.3 Å². The fourth-order valence-corrected chi connectivity index (χ4v) is 1.09. The lowest BCUT2D eigenvalue weighted by Crippen LogP contribution is -1.94. The van der Waals surface area contributed by atoms with Crippen molar-refractivity contribution < 1.29 is 9.90 Å². The number of benzene rings is 1. The van der Waals surface area contributed by atoms with Gasteiger partial charge in [0, 0.05) is 18.0 Å². The maximum Gasteiger partial charge on any atom is 0.329 e. The molecule has 3 nitrogen and oxygen atoms in total. The van der Waals surface area contributed by atoms with Gasteiger partial charge in [-0.25, -0.2) is 4.79 Å². The quantitative estimate of drug-likeness (QED) is 0.721. The highest BCUT2D eigenvalue weighted by Gasteiger charge is 1.95. The molecule has 0 saturated heterocycles. The second-order valence-electron chi connectivity index (χ2n) is 3.13. The maximum absolute atomic E-state index is 10.2. The third-order valence-corrected chi connectivity index (χ3v) is 1.86. The molecule has 0 saturated carbocycles. The summed E-state index contributed by atoms with van der Waals surface area (Å²) >= 11 is 0. The summed E-state index contributed by atoms with van der Waals surface area (Å²) in [6, 6.07) is 5.98. The van der Waals surface area contributed by atoms with Gasteiger partial charge in [0.25, 0.3) is 0 Å². The van der Waals surface area contributed by atoms with Crippen molar-refractivity contribution in [1.82, 2.24) is 0 Å². The van der Waals surface area contributed by atoms with Gasteiger partial charge in [-0.1, -0.05) is 12.1 Å². The molecule has 0 atom stereocenters. The average molecular weight is 191 g/mol. The van der Waals surface area contributed by atoms with E-state index in [1.54, 1.807) is 0 Å². The van der Waals surface area contributed by atoms with E-state index in [4.69, 9.17) is 5.11 Å². The SMILES string of the molecule is Cc1ccc(C)c(N/C=C/C(=O)O)c1. The van der Waals surface area contributed by atoms with Gasteiger partial charge in [0.1, 0.15) is 0 Å². The summed E-state index contributed by atoms with van der Waals surface area (Å²) in [5, 5.41) is 11.3. The molecule has 2 N–H and O–H groups in total. The van der Waals surface area contributed by atoms with Crippen LogP contribution in [0.5, 0.6) is 0 Å². The van der Waals surface area contributed by atoms with Gasteiger partial charge in [-0.2, -0.15) is 0 Å². The molecule has 0 aliphatic rings. The monoisotopic (exact) mass is 191 g/mol. The number of nitrogens with one attached hydrogen (secondary N) is 1. The van der Waals surface area contributed by atoms with E-state index in [2.05, 4.69) is 5.32 Å². The second kappa shape index (κ2) is 4.46. The van der Waals surface area contributed by atoms with E-state index in [1.165, 1.54) is 6.20 Å². The van der Waals surface area contributed by atoms with E-state index in [9.17, 15) is 4.79 Å². The first-order valence-corrected chi connectivity index (χ1v) is 4.33. The van der Waals surface area contributed by atoms with Crippen LogP contribution in [0.4, 0.5) is 5.69 Å². The summed E-state index contributed by atoms with van der Waals surface area (Å²) in [5.74, 6) is -0.956. The number of carbonyl (C=O) groups is 1. The Morgan fingerprint density at radius 2 is 2.14 bits per heavy atom. The van der Waals surface area contributed by atoms with Crippen molar-refractivity contribution in [3.05, 3.63) is 41.6 Å². The molecule has 1 aromatic carbocycles. The summed E-state index contributed by atoms with van der Waals surface area (Å²) in [4.78, 5) is 10.2. The van der Waals surface area contributed by atoms with Crippen LogP contribution < -0.4 is 5.32 Å². The lowest BCUT2D eigenvalue weighted by atomic mass is 10.1. The first kappa shape index (κ1) is 10.3. The van der Waals surface area contributed by atoms with Crippen molar-refractivity contribution in [3.8, 4) is 0 Å². The van der Waals surface area contributed by atoms with E-state index in [1.807, 2.05) is 32.0 Å². The fourth-order valence-electron chi connectivity index (χ4n) is 1.09. The molecule has 0 aromatic heterocycles. The molecule has 1 aromatic rings. The highest BCUT2D eigenvalue weighted by molar-refractivity contribution is 5.80. The molecular weight excluding hydrogens is 178 g/mol. The van der Waals surface area contributed by atoms with E-state index in [0.29, 0.717) is 0 Å². The third-order valence-electron chi connectivity index (χ3n) is 1.86. The molecule has 1 rings (SSSR count). The largest absolute Gasteiger partial charge is 0.478 e. The number of hydrogen-bond donors (Lipinski definition) is 2. The van der Waals surface area contributed by atoms with Crippen LogP contribution in [0.1, 0.15) is 11.1 Å². The summed E-state index contributed by atoms with van der Waals surface area (Å²) in [6.45, 7) is 3.96. The minimum absolute atomic E-state index is 0.933. The molecule has 0 amide bonds. The van der Waals surface area contributed by atoms with E-state index < -0.39 is 5.97 Å². The zero-order valence-corrected chi connectivity index (χ0v) is 8.24. The predicted molar refractivity (Wildman–Crippen MR) is 56.3 cm³/mol. The molecule has 0 spiro atoms. The van der Waals surface area contributed by atoms with Crippen LogP contribution in [0.2, 0.25) is 0 Å². The molecule has 0 radical (unpaired) electrons. The standard InChI is InChI=1S/C11H13NO2/c1-8-3-4-9(2)10(7-8)12-6-5-11(13)14/h3-7,12H,1-2H3,(H,13,14)/b6-5+. The summed E-state index contributed by atoms with van der Waals surface area (Å²) in [5.41, 5.74) is 3.16. The molecule has 0 unspecified atom stereocenters. The van der Waals surface area contributed by atoms with E-state index >= 15 is 0 Å². The number of aliphatic carboxylic acids is 1. The van der Waals surface area contributed by atoms with Gasteiger partial charge < -0.3 is 10.4 Å². The third kappa shape index (κ3) is 2.94. The first-order chi connectivity index (χ1) is 6.59. The fraction of sp³-hybridized carbons (Fsp3) is 0.182. The van der Waals surface area contributed by atoms with Crippen molar-refractivity contribution in [2.45, 2.75) is 13.8 Å². The lowest BCUT2D eigenvalue weighted by Gasteiger charge is -2.05. The number of hydrogen-bond acceptors (Lipinski definition) is 2. The number of rotatable bonds is 3. The Morgan fingerprint density at radius 3 is 2.79 bits per heavy atom. The maximum atomic E-state index is 10.2. The summed E-state index contributed by atoms with van der Waals surface area (Å²) < 4.78 is 0. The molecule has 14 heavy (non-hydrogen) atoms. The van der Waals surface area contributed by atoms with Crippen molar-refractivity contribution in [1.29, 1.82) is 0 Å². The van der Waals surface area contributed by atoms with Crippen LogP contribution in [0.15, 0.2) is 30.5 Å². The number of carboxylic acid groups (broad SMARTS) is 1. The van der Waals surface area contributed by atoms with Gasteiger partial charge in [0.05, 0.1) is 0 Å². The summed E-state index contributed by atoms with van der Waals surface area (Å²) in [6.07, 6.45) is 2.49. The van der Waals surface area contributed by atoms with Crippen molar-refractivity contribution in [2.24, 2.45) is 0 Å². The predicted octanol–water partition coefficient (Wildman–Crippen LogP) is 2.31. The first-order valence-electron chi connectivity index (χ1n) is 4.33. The molecule has 0 aliphatic heterocycles. The van der Waals surface area contributed by atoms with E-state index in [0.717, 1.165) is 22.9 Å². The van der Waals surface area contributed by atoms with Crippen molar-refractivity contribution >= 4 is 11.7 Å². The Hall–Kier alpha value is -1.77. The zero-order valence-electron chi connectivity index (χ0n) is 8.24. The molecule has 0 fully saturated rings. The Kier molecular flexibility index (Phi) is 3.29. The van der Waals surface area contributed by atoms with E-state index in [-0.39, 0.29) is 0 Å². The second-order valence-corrected chi connectivity index (χ2v) is 3.13. The molecule has 74 valence electrons. The Balaban J connectivity index is 2.76. The van der Waals surface area contributed by atoms with Crippen LogP contribution in [-0.2, 0) is 4.79 Å². The zero-order chi connectivity index (χ0) is 10.6. The highest BCUT2D eigenvalue weighted by Crippen LogP contribution is 2.15. The van der Waals surface area contributed by atoms with Gasteiger partial charge in [-0.15, -0.1) is 0 Å². The lowest BCUT2D eigenvalue weighted by molar-refractivity contribution is -0.131. The number of carboxylic acids is 1. The van der Waals surface area contributed by atoms with Gasteiger partial charge in [-0.3, -0.25) is 0 Å². The van der Waals surface area contributed by atoms with Crippen LogP contribution >= 0.6 is 0 Å². The summed E-state index contributed by atoms with van der Waals surface area (Å²) in [7, 11) is 0. The minimum atomic E-state index is -0.956. The van der Waals surface area contributed by atoms with Crippen molar-refractivity contribution in [2.75, 3.05) is 5.32 Å². The minimum Gasteiger partial charge on any atom is -0.478 e.